The second kappa shape index (κ2) is 11.5. The Kier molecular flexibility index (Phi) is 8.35. The molecule has 4 N–H and O–H groups in total. The van der Waals surface area contributed by atoms with Gasteiger partial charge in [-0.15, -0.1) is 0 Å². The number of aliphatic hydroxyl groups excluding tert-OH is 4. The topological polar surface area (TPSA) is 134 Å². The Morgan fingerprint density at radius 1 is 1.03 bits per heavy atom. The zero-order valence-corrected chi connectivity index (χ0v) is 21.2. The third-order valence-corrected chi connectivity index (χ3v) is 6.76. The number of amides is 1. The fourth-order valence-corrected chi connectivity index (χ4v) is 4.62. The monoisotopic (exact) mass is 514 g/mol. The van der Waals surface area contributed by atoms with E-state index >= 15 is 0 Å². The molecule has 1 aliphatic heterocycles. The van der Waals surface area contributed by atoms with E-state index in [1.54, 1.807) is 34.9 Å². The summed E-state index contributed by atoms with van der Waals surface area (Å²) in [5.41, 5.74) is 2.40. The second-order valence-corrected chi connectivity index (χ2v) is 8.97. The quantitative estimate of drug-likeness (QED) is 0.357. The number of aliphatic hydroxyl groups is 4. The number of aromatic nitrogens is 1. The summed E-state index contributed by atoms with van der Waals surface area (Å²) in [4.78, 5) is 15.1. The molecule has 1 amide bonds. The van der Waals surface area contributed by atoms with Crippen molar-refractivity contribution in [2.45, 2.75) is 51.0 Å². The largest absolute Gasteiger partial charge is 0.497 e. The van der Waals surface area contributed by atoms with Gasteiger partial charge < -0.3 is 39.5 Å². The van der Waals surface area contributed by atoms with Gasteiger partial charge in [-0.2, -0.15) is 0 Å². The second-order valence-electron chi connectivity index (χ2n) is 8.97. The summed E-state index contributed by atoms with van der Waals surface area (Å²) in [6.07, 6.45) is -4.80. The first kappa shape index (κ1) is 26.9. The van der Waals surface area contributed by atoms with Crippen LogP contribution in [0.2, 0.25) is 0 Å². The van der Waals surface area contributed by atoms with Gasteiger partial charge in [0.15, 0.2) is 0 Å². The van der Waals surface area contributed by atoms with E-state index in [-0.39, 0.29) is 6.03 Å². The molecule has 1 aliphatic rings. The third kappa shape index (κ3) is 5.29. The van der Waals surface area contributed by atoms with Crippen LogP contribution in [0.25, 0.3) is 10.9 Å². The Hall–Kier alpha value is -3.15. The van der Waals surface area contributed by atoms with Gasteiger partial charge in [0.1, 0.15) is 35.9 Å². The van der Waals surface area contributed by atoms with E-state index < -0.39 is 37.3 Å². The number of fused-ring (bicyclic) bond motifs is 1. The van der Waals surface area contributed by atoms with Crippen LogP contribution in [0.5, 0.6) is 11.5 Å². The van der Waals surface area contributed by atoms with Gasteiger partial charge in [0.25, 0.3) is 0 Å². The number of nitrogens with zero attached hydrogens (tertiary/aromatic N) is 2. The van der Waals surface area contributed by atoms with Crippen LogP contribution in [0.4, 0.5) is 4.79 Å². The molecule has 10 nitrogen and oxygen atoms in total. The van der Waals surface area contributed by atoms with Crippen molar-refractivity contribution in [3.8, 4) is 11.5 Å². The SMILES string of the molecule is CCN(CC)C(=O)n1cc(Cc2ccc(OC)cc2)c2c(O[C@@H]3O[C@H](CO)[C@@H](O)[C@H](O)[C@H]3O)cccc21. The molecule has 0 saturated carbocycles. The van der Waals surface area contributed by atoms with Gasteiger partial charge in [0, 0.05) is 24.7 Å². The number of hydrogen-bond donors (Lipinski definition) is 4. The fourth-order valence-electron chi connectivity index (χ4n) is 4.62. The number of ether oxygens (including phenoxy) is 3. The molecule has 2 aromatic carbocycles. The van der Waals surface area contributed by atoms with Crippen molar-refractivity contribution in [1.82, 2.24) is 9.47 Å². The van der Waals surface area contributed by atoms with Gasteiger partial charge in [-0.05, 0) is 55.7 Å². The molecule has 0 bridgehead atoms. The molecular formula is C27H34N2O8. The van der Waals surface area contributed by atoms with Crippen LogP contribution in [0, 0.1) is 0 Å². The number of benzene rings is 2. The van der Waals surface area contributed by atoms with Crippen molar-refractivity contribution in [2.24, 2.45) is 0 Å². The van der Waals surface area contributed by atoms with Gasteiger partial charge in [-0.25, -0.2) is 4.79 Å². The summed E-state index contributed by atoms with van der Waals surface area (Å²) in [6, 6.07) is 12.7. The van der Waals surface area contributed by atoms with Crippen molar-refractivity contribution in [3.63, 3.8) is 0 Å². The Morgan fingerprint density at radius 2 is 1.73 bits per heavy atom. The third-order valence-electron chi connectivity index (χ3n) is 6.76. The van der Waals surface area contributed by atoms with Crippen LogP contribution in [0.3, 0.4) is 0 Å². The number of methoxy groups -OCH3 is 1. The highest BCUT2D eigenvalue weighted by Gasteiger charge is 2.45. The van der Waals surface area contributed by atoms with Crippen molar-refractivity contribution in [2.75, 3.05) is 26.8 Å². The average Bonchev–Trinajstić information content (AvgIpc) is 3.29. The van der Waals surface area contributed by atoms with Gasteiger partial charge in [0.2, 0.25) is 6.29 Å². The van der Waals surface area contributed by atoms with Crippen LogP contribution in [-0.4, -0.2) is 93.4 Å². The minimum absolute atomic E-state index is 0.180. The summed E-state index contributed by atoms with van der Waals surface area (Å²) in [7, 11) is 1.60. The van der Waals surface area contributed by atoms with Gasteiger partial charge in [-0.1, -0.05) is 18.2 Å². The molecule has 1 fully saturated rings. The van der Waals surface area contributed by atoms with Crippen LogP contribution in [0.1, 0.15) is 25.0 Å². The number of rotatable bonds is 8. The highest BCUT2D eigenvalue weighted by atomic mass is 16.7. The Balaban J connectivity index is 1.78. The standard InChI is InChI=1S/C27H34N2O8/c1-4-28(5-2)27(34)29-14-17(13-16-9-11-18(35-3)12-10-16)22-19(29)7-6-8-20(22)36-26-25(33)24(32)23(31)21(15-30)37-26/h6-12,14,21,23-26,30-33H,4-5,13,15H2,1-3H3/t21-,23-,24+,25-,26-/m1/s1. The number of carbonyl (C=O) groups is 1. The molecule has 0 unspecified atom stereocenters. The van der Waals surface area contributed by atoms with Crippen LogP contribution >= 0.6 is 0 Å². The Morgan fingerprint density at radius 3 is 2.35 bits per heavy atom. The normalized spacial score (nSPS) is 23.7. The maximum Gasteiger partial charge on any atom is 0.328 e. The summed E-state index contributed by atoms with van der Waals surface area (Å²) in [5.74, 6) is 1.06. The predicted molar refractivity (Wildman–Crippen MR) is 136 cm³/mol. The molecule has 37 heavy (non-hydrogen) atoms. The zero-order valence-electron chi connectivity index (χ0n) is 21.2. The molecule has 0 radical (unpaired) electrons. The summed E-state index contributed by atoms with van der Waals surface area (Å²) >= 11 is 0. The van der Waals surface area contributed by atoms with Crippen molar-refractivity contribution < 1.29 is 39.4 Å². The summed E-state index contributed by atoms with van der Waals surface area (Å²) in [5, 5.41) is 41.0. The first-order chi connectivity index (χ1) is 17.8. The van der Waals surface area contributed by atoms with Crippen LogP contribution in [-0.2, 0) is 11.2 Å². The molecule has 200 valence electrons. The molecular weight excluding hydrogens is 480 g/mol. The van der Waals surface area contributed by atoms with E-state index in [9.17, 15) is 25.2 Å². The Labute approximate surface area is 215 Å². The highest BCUT2D eigenvalue weighted by Crippen LogP contribution is 2.35. The molecule has 4 rings (SSSR count). The van der Waals surface area contributed by atoms with Crippen molar-refractivity contribution in [1.29, 1.82) is 0 Å². The summed E-state index contributed by atoms with van der Waals surface area (Å²) in [6.45, 7) is 4.36. The van der Waals surface area contributed by atoms with E-state index in [4.69, 9.17) is 14.2 Å². The first-order valence-electron chi connectivity index (χ1n) is 12.3. The predicted octanol–water partition coefficient (Wildman–Crippen LogP) is 1.73. The fraction of sp³-hybridized carbons (Fsp3) is 0.444. The molecule has 1 aromatic heterocycles. The van der Waals surface area contributed by atoms with Crippen molar-refractivity contribution >= 4 is 16.9 Å². The summed E-state index contributed by atoms with van der Waals surface area (Å²) < 4.78 is 18.4. The van der Waals surface area contributed by atoms with Gasteiger partial charge in [-0.3, -0.25) is 4.57 Å². The van der Waals surface area contributed by atoms with E-state index in [0.717, 1.165) is 16.9 Å². The zero-order chi connectivity index (χ0) is 26.7. The molecule has 10 heteroatoms. The van der Waals surface area contributed by atoms with E-state index in [1.807, 2.05) is 44.2 Å². The lowest BCUT2D eigenvalue weighted by Gasteiger charge is -2.39. The molecule has 5 atom stereocenters. The maximum absolute atomic E-state index is 13.4. The number of carbonyl (C=O) groups excluding carboxylic acids is 1. The molecule has 0 spiro atoms. The molecule has 2 heterocycles. The first-order valence-corrected chi connectivity index (χ1v) is 12.3. The Bertz CT molecular complexity index is 1210. The lowest BCUT2D eigenvalue weighted by molar-refractivity contribution is -0.277. The van der Waals surface area contributed by atoms with E-state index in [1.165, 1.54) is 0 Å². The minimum atomic E-state index is -1.57. The molecule has 1 saturated heterocycles. The minimum Gasteiger partial charge on any atom is -0.497 e. The van der Waals surface area contributed by atoms with Crippen molar-refractivity contribution in [3.05, 3.63) is 59.8 Å². The maximum atomic E-state index is 13.4. The molecule has 0 aliphatic carbocycles. The molecule has 3 aromatic rings. The van der Waals surface area contributed by atoms with Crippen LogP contribution < -0.4 is 9.47 Å². The number of hydrogen-bond acceptors (Lipinski definition) is 8. The van der Waals surface area contributed by atoms with Gasteiger partial charge in [0.05, 0.1) is 19.2 Å². The van der Waals surface area contributed by atoms with E-state index in [0.29, 0.717) is 36.2 Å². The smallest absolute Gasteiger partial charge is 0.328 e. The average molecular weight is 515 g/mol. The lowest BCUT2D eigenvalue weighted by atomic mass is 9.99. The van der Waals surface area contributed by atoms with Crippen LogP contribution in [0.15, 0.2) is 48.7 Å². The highest BCUT2D eigenvalue weighted by molar-refractivity contribution is 5.97. The lowest BCUT2D eigenvalue weighted by Crippen LogP contribution is -2.60. The van der Waals surface area contributed by atoms with E-state index in [2.05, 4.69) is 0 Å². The van der Waals surface area contributed by atoms with Gasteiger partial charge >= 0.3 is 6.03 Å².